The lowest BCUT2D eigenvalue weighted by Gasteiger charge is -2.29. The number of hydrogen-bond donors (Lipinski definition) is 2. The number of nitrogens with one attached hydrogen (secondary N) is 1. The molecule has 10 heteroatoms. The van der Waals surface area contributed by atoms with E-state index in [1.54, 1.807) is 27.8 Å². The predicted molar refractivity (Wildman–Crippen MR) is 125 cm³/mol. The number of ketones is 1. The van der Waals surface area contributed by atoms with E-state index >= 15 is 0 Å². The number of likely N-dealkylation sites (N-methyl/N-ethyl adjacent to an activating group) is 1. The number of carbonyl (C=O) groups is 5. The zero-order chi connectivity index (χ0) is 24.5. The maximum Gasteiger partial charge on any atom is 0.243 e. The average molecular weight is 471 g/mol. The summed E-state index contributed by atoms with van der Waals surface area (Å²) in [4.78, 5) is 63.7. The molecule has 0 aliphatic carbocycles. The van der Waals surface area contributed by atoms with Crippen molar-refractivity contribution in [2.24, 2.45) is 11.1 Å². The van der Waals surface area contributed by atoms with Gasteiger partial charge in [0.15, 0.2) is 0 Å². The Morgan fingerprint density at radius 3 is 2.41 bits per heavy atom. The van der Waals surface area contributed by atoms with Gasteiger partial charge in [-0.3, -0.25) is 28.9 Å². The van der Waals surface area contributed by atoms with Crippen molar-refractivity contribution in [3.63, 3.8) is 0 Å². The summed E-state index contributed by atoms with van der Waals surface area (Å²) in [5, 5.41) is 2.38. The van der Waals surface area contributed by atoms with E-state index in [1.165, 1.54) is 28.6 Å². The standard InChI is InChI=1S/C22H38N4O5S/c1-22(2,3)17(27)13-15(20(30)24-11-10-23)25(4)18(28)9-7-6-8-12-32-16-14-19(29)26(5)21(16)31/h15-16H,6-14,23H2,1-5H3,(H,24,30). The number of unbranched alkanes of at least 4 members (excludes halogenated alkanes) is 2. The Bertz CT molecular complexity index is 707. The summed E-state index contributed by atoms with van der Waals surface area (Å²) in [5.74, 6) is -0.193. The van der Waals surface area contributed by atoms with Gasteiger partial charge in [0.25, 0.3) is 0 Å². The van der Waals surface area contributed by atoms with Crippen molar-refractivity contribution in [3.8, 4) is 0 Å². The first-order chi connectivity index (χ1) is 14.9. The number of hydrogen-bond acceptors (Lipinski definition) is 7. The Morgan fingerprint density at radius 1 is 1.22 bits per heavy atom. The molecule has 1 aliphatic heterocycles. The Morgan fingerprint density at radius 2 is 1.88 bits per heavy atom. The molecule has 0 spiro atoms. The van der Waals surface area contributed by atoms with Crippen molar-refractivity contribution >= 4 is 41.2 Å². The van der Waals surface area contributed by atoms with Crippen LogP contribution < -0.4 is 11.1 Å². The van der Waals surface area contributed by atoms with Crippen LogP contribution >= 0.6 is 11.8 Å². The molecule has 1 heterocycles. The molecule has 0 aromatic heterocycles. The van der Waals surface area contributed by atoms with E-state index < -0.39 is 11.5 Å². The summed E-state index contributed by atoms with van der Waals surface area (Å²) in [7, 11) is 3.06. The van der Waals surface area contributed by atoms with Crippen LogP contribution in [0.15, 0.2) is 0 Å². The lowest BCUT2D eigenvalue weighted by atomic mass is 9.86. The first kappa shape index (κ1) is 28.1. The van der Waals surface area contributed by atoms with Crippen LogP contribution in [0.4, 0.5) is 0 Å². The largest absolute Gasteiger partial charge is 0.353 e. The summed E-state index contributed by atoms with van der Waals surface area (Å²) in [6, 6.07) is -0.862. The number of nitrogens with two attached hydrogens (primary N) is 1. The van der Waals surface area contributed by atoms with Crippen LogP contribution in [-0.4, -0.2) is 83.4 Å². The number of carbonyl (C=O) groups excluding carboxylic acids is 5. The molecule has 0 radical (unpaired) electrons. The van der Waals surface area contributed by atoms with Gasteiger partial charge in [-0.25, -0.2) is 0 Å². The number of imide groups is 1. The molecular weight excluding hydrogens is 432 g/mol. The lowest BCUT2D eigenvalue weighted by Crippen LogP contribution is -2.50. The van der Waals surface area contributed by atoms with Crippen molar-refractivity contribution in [2.75, 3.05) is 32.9 Å². The monoisotopic (exact) mass is 470 g/mol. The molecule has 0 aromatic rings. The van der Waals surface area contributed by atoms with Crippen LogP contribution in [0.2, 0.25) is 0 Å². The first-order valence-corrected chi connectivity index (χ1v) is 12.1. The van der Waals surface area contributed by atoms with E-state index in [0.29, 0.717) is 6.42 Å². The lowest BCUT2D eigenvalue weighted by molar-refractivity contribution is -0.142. The van der Waals surface area contributed by atoms with Crippen LogP contribution in [0.25, 0.3) is 0 Å². The maximum atomic E-state index is 12.7. The predicted octanol–water partition coefficient (Wildman–Crippen LogP) is 0.945. The zero-order valence-electron chi connectivity index (χ0n) is 19.9. The summed E-state index contributed by atoms with van der Waals surface area (Å²) in [6.07, 6.45) is 2.75. The normalized spacial score (nSPS) is 17.4. The van der Waals surface area contributed by atoms with Crippen LogP contribution in [0, 0.1) is 5.41 Å². The van der Waals surface area contributed by atoms with Gasteiger partial charge in [-0.1, -0.05) is 27.2 Å². The topological polar surface area (TPSA) is 130 Å². The Labute approximate surface area is 195 Å². The van der Waals surface area contributed by atoms with Crippen molar-refractivity contribution < 1.29 is 24.0 Å². The molecule has 2 atom stereocenters. The highest BCUT2D eigenvalue weighted by Crippen LogP contribution is 2.25. The molecule has 1 fully saturated rings. The SMILES string of the molecule is CN1C(=O)CC(SCCCCCC(=O)N(C)C(CC(=O)C(C)(C)C)C(=O)NCCN)C1=O. The van der Waals surface area contributed by atoms with Crippen molar-refractivity contribution in [2.45, 2.75) is 70.6 Å². The number of amides is 4. The molecule has 182 valence electrons. The van der Waals surface area contributed by atoms with Gasteiger partial charge in [-0.05, 0) is 18.6 Å². The fraction of sp³-hybridized carbons (Fsp3) is 0.773. The van der Waals surface area contributed by atoms with Gasteiger partial charge in [-0.2, -0.15) is 0 Å². The van der Waals surface area contributed by atoms with Gasteiger partial charge in [-0.15, -0.1) is 11.8 Å². The minimum absolute atomic E-state index is 0.0403. The van der Waals surface area contributed by atoms with Crippen LogP contribution in [0.5, 0.6) is 0 Å². The van der Waals surface area contributed by atoms with Crippen LogP contribution in [0.1, 0.15) is 59.3 Å². The average Bonchev–Trinajstić information content (AvgIpc) is 2.97. The zero-order valence-corrected chi connectivity index (χ0v) is 20.8. The summed E-state index contributed by atoms with van der Waals surface area (Å²) in [6.45, 7) is 5.92. The molecule has 4 amide bonds. The third-order valence-electron chi connectivity index (χ3n) is 5.52. The number of thioether (sulfide) groups is 1. The maximum absolute atomic E-state index is 12.7. The van der Waals surface area contributed by atoms with Crippen molar-refractivity contribution in [1.82, 2.24) is 15.1 Å². The molecule has 1 saturated heterocycles. The third-order valence-corrected chi connectivity index (χ3v) is 6.81. The number of nitrogens with zero attached hydrogens (tertiary/aromatic N) is 2. The second-order valence-corrected chi connectivity index (χ2v) is 10.5. The molecule has 3 N–H and O–H groups in total. The van der Waals surface area contributed by atoms with E-state index in [9.17, 15) is 24.0 Å². The van der Waals surface area contributed by atoms with Crippen molar-refractivity contribution in [1.29, 1.82) is 0 Å². The van der Waals surface area contributed by atoms with E-state index in [1.807, 2.05) is 0 Å². The Hall–Kier alpha value is -1.94. The smallest absolute Gasteiger partial charge is 0.243 e. The number of Topliss-reactive ketones (excluding diaryl/α,β-unsaturated/α-hetero) is 1. The number of rotatable bonds is 13. The minimum atomic E-state index is -0.862. The Balaban J connectivity index is 2.48. The molecule has 2 unspecified atom stereocenters. The highest BCUT2D eigenvalue weighted by Gasteiger charge is 2.36. The van der Waals surface area contributed by atoms with Gasteiger partial charge in [0.2, 0.25) is 23.6 Å². The molecule has 32 heavy (non-hydrogen) atoms. The molecule has 0 saturated carbocycles. The van der Waals surface area contributed by atoms with Gasteiger partial charge in [0, 0.05) is 51.9 Å². The fourth-order valence-corrected chi connectivity index (χ4v) is 4.40. The van der Waals surface area contributed by atoms with Gasteiger partial charge >= 0.3 is 0 Å². The van der Waals surface area contributed by atoms with Crippen molar-refractivity contribution in [3.05, 3.63) is 0 Å². The van der Waals surface area contributed by atoms with Gasteiger partial charge in [0.05, 0.1) is 5.25 Å². The molecule has 1 aliphatic rings. The third kappa shape index (κ3) is 8.54. The fourth-order valence-electron chi connectivity index (χ4n) is 3.18. The van der Waals surface area contributed by atoms with E-state index in [2.05, 4.69) is 5.32 Å². The number of likely N-dealkylation sites (tertiary alicyclic amines) is 1. The van der Waals surface area contributed by atoms with Gasteiger partial charge in [0.1, 0.15) is 11.8 Å². The first-order valence-electron chi connectivity index (χ1n) is 11.1. The minimum Gasteiger partial charge on any atom is -0.353 e. The van der Waals surface area contributed by atoms with Gasteiger partial charge < -0.3 is 16.0 Å². The second-order valence-electron chi connectivity index (χ2n) is 9.14. The molecular formula is C22H38N4O5S. The highest BCUT2D eigenvalue weighted by atomic mass is 32.2. The molecule has 1 rings (SSSR count). The van der Waals surface area contributed by atoms with Crippen LogP contribution in [0.3, 0.4) is 0 Å². The molecule has 0 bridgehead atoms. The van der Waals surface area contributed by atoms with E-state index in [4.69, 9.17) is 5.73 Å². The highest BCUT2D eigenvalue weighted by molar-refractivity contribution is 8.00. The summed E-state index contributed by atoms with van der Waals surface area (Å²) >= 11 is 1.48. The summed E-state index contributed by atoms with van der Waals surface area (Å²) < 4.78 is 0. The van der Waals surface area contributed by atoms with Crippen LogP contribution in [-0.2, 0) is 24.0 Å². The Kier molecular flexibility index (Phi) is 11.4. The molecule has 0 aromatic carbocycles. The van der Waals surface area contributed by atoms with E-state index in [0.717, 1.165) is 18.6 Å². The quantitative estimate of drug-likeness (QED) is 0.303. The molecule has 9 nitrogen and oxygen atoms in total. The van der Waals surface area contributed by atoms with E-state index in [-0.39, 0.29) is 67.0 Å². The summed E-state index contributed by atoms with van der Waals surface area (Å²) in [5.41, 5.74) is 4.85. The second kappa shape index (κ2) is 12.9.